The topological polar surface area (TPSA) is 25.8 Å². The van der Waals surface area contributed by atoms with Crippen LogP contribution >= 0.6 is 0 Å². The highest BCUT2D eigenvalue weighted by Gasteiger charge is 2.38. The van der Waals surface area contributed by atoms with Crippen molar-refractivity contribution < 1.29 is 0 Å². The molecule has 1 aliphatic rings. The summed E-state index contributed by atoms with van der Waals surface area (Å²) < 4.78 is 0. The van der Waals surface area contributed by atoms with Gasteiger partial charge in [-0.1, -0.05) is 190 Å². The number of aromatic nitrogens is 2. The first kappa shape index (κ1) is 31.1. The van der Waals surface area contributed by atoms with Crippen LogP contribution in [0.3, 0.4) is 0 Å². The summed E-state index contributed by atoms with van der Waals surface area (Å²) in [6, 6.07) is 65.3. The minimum absolute atomic E-state index is 0.130. The lowest BCUT2D eigenvalue weighted by atomic mass is 9.77. The third-order valence-electron chi connectivity index (χ3n) is 11.1. The van der Waals surface area contributed by atoms with E-state index in [0.717, 1.165) is 33.9 Å². The van der Waals surface area contributed by atoms with E-state index in [9.17, 15) is 0 Å². The fraction of sp³-hybridized carbons (Fsp3) is 0.0588. The molecule has 10 rings (SSSR count). The van der Waals surface area contributed by atoms with E-state index in [4.69, 9.17) is 9.97 Å². The summed E-state index contributed by atoms with van der Waals surface area (Å²) in [6.07, 6.45) is 0. The van der Waals surface area contributed by atoms with E-state index < -0.39 is 0 Å². The van der Waals surface area contributed by atoms with Crippen molar-refractivity contribution in [1.29, 1.82) is 0 Å². The average Bonchev–Trinajstić information content (AvgIpc) is 3.47. The average molecular weight is 677 g/mol. The van der Waals surface area contributed by atoms with E-state index in [1.807, 2.05) is 24.3 Å². The molecule has 1 aliphatic carbocycles. The second-order valence-electron chi connectivity index (χ2n) is 14.5. The molecule has 0 unspecified atom stereocenters. The van der Waals surface area contributed by atoms with Crippen LogP contribution in [-0.2, 0) is 5.41 Å². The first-order valence-corrected chi connectivity index (χ1v) is 18.3. The van der Waals surface area contributed by atoms with Crippen molar-refractivity contribution in [3.8, 4) is 67.3 Å². The van der Waals surface area contributed by atoms with Crippen LogP contribution in [0.1, 0.15) is 25.0 Å². The highest BCUT2D eigenvalue weighted by Crippen LogP contribution is 2.54. The molecule has 0 atom stereocenters. The quantitative estimate of drug-likeness (QED) is 0.181. The van der Waals surface area contributed by atoms with E-state index in [0.29, 0.717) is 0 Å². The Labute approximate surface area is 310 Å². The molecule has 9 aromatic rings. The summed E-state index contributed by atoms with van der Waals surface area (Å²) in [7, 11) is 0. The Morgan fingerprint density at radius 1 is 0.340 bits per heavy atom. The number of rotatable bonds is 5. The molecule has 0 spiro atoms. The van der Waals surface area contributed by atoms with Crippen LogP contribution in [0.15, 0.2) is 182 Å². The molecule has 0 amide bonds. The Bertz CT molecular complexity index is 2780. The van der Waals surface area contributed by atoms with Crippen LogP contribution in [0.5, 0.6) is 0 Å². The van der Waals surface area contributed by atoms with Gasteiger partial charge >= 0.3 is 0 Å². The Morgan fingerprint density at radius 2 is 0.868 bits per heavy atom. The monoisotopic (exact) mass is 676 g/mol. The van der Waals surface area contributed by atoms with Crippen molar-refractivity contribution in [2.75, 3.05) is 0 Å². The summed E-state index contributed by atoms with van der Waals surface area (Å²) in [5.41, 5.74) is 15.3. The van der Waals surface area contributed by atoms with Gasteiger partial charge in [0.05, 0.1) is 11.4 Å². The molecule has 8 aromatic carbocycles. The Hall–Kier alpha value is -6.64. The van der Waals surface area contributed by atoms with Crippen molar-refractivity contribution in [3.05, 3.63) is 193 Å². The van der Waals surface area contributed by atoms with E-state index in [1.165, 1.54) is 66.1 Å². The van der Waals surface area contributed by atoms with Crippen LogP contribution in [-0.4, -0.2) is 9.97 Å². The summed E-state index contributed by atoms with van der Waals surface area (Å²) in [5.74, 6) is 0.720. The number of fused-ring (bicyclic) bond motifs is 6. The molecule has 0 saturated carbocycles. The third kappa shape index (κ3) is 5.10. The first-order chi connectivity index (χ1) is 26.0. The lowest BCUT2D eigenvalue weighted by molar-refractivity contribution is 0.668. The van der Waals surface area contributed by atoms with Gasteiger partial charge in [0.15, 0.2) is 5.82 Å². The minimum atomic E-state index is -0.130. The van der Waals surface area contributed by atoms with Crippen LogP contribution in [0.25, 0.3) is 88.8 Å². The van der Waals surface area contributed by atoms with Crippen molar-refractivity contribution in [2.24, 2.45) is 0 Å². The molecular weight excluding hydrogens is 641 g/mol. The lowest BCUT2D eigenvalue weighted by Gasteiger charge is -2.26. The summed E-state index contributed by atoms with van der Waals surface area (Å²) in [5, 5.41) is 5.00. The van der Waals surface area contributed by atoms with Gasteiger partial charge in [-0.2, -0.15) is 0 Å². The minimum Gasteiger partial charge on any atom is -0.228 e. The molecule has 0 fully saturated rings. The van der Waals surface area contributed by atoms with Gasteiger partial charge in [0, 0.05) is 22.1 Å². The number of hydrogen-bond acceptors (Lipinski definition) is 2. The maximum atomic E-state index is 5.16. The molecule has 1 heterocycles. The van der Waals surface area contributed by atoms with Gasteiger partial charge in [-0.3, -0.25) is 0 Å². The predicted octanol–water partition coefficient (Wildman–Crippen LogP) is 13.4. The molecule has 53 heavy (non-hydrogen) atoms. The van der Waals surface area contributed by atoms with Gasteiger partial charge in [-0.05, 0) is 72.1 Å². The zero-order chi connectivity index (χ0) is 35.5. The van der Waals surface area contributed by atoms with Gasteiger partial charge in [-0.25, -0.2) is 9.97 Å². The lowest BCUT2D eigenvalue weighted by Crippen LogP contribution is -2.16. The van der Waals surface area contributed by atoms with E-state index in [2.05, 4.69) is 172 Å². The standard InChI is InChI=1S/C51H36N2/c1-51(2)48-40(22-13-23-44(48)45-29-28-33-14-9-10-19-39(33)49(45)51)35-26-24-34(25-27-35)38-30-31-43(42-21-12-11-20-41(38)42)47-32-46(36-15-5-3-6-16-36)52-50(53-47)37-17-7-4-8-18-37/h3-32H,1-2H3. The fourth-order valence-electron chi connectivity index (χ4n) is 8.65. The number of hydrogen-bond donors (Lipinski definition) is 0. The second kappa shape index (κ2) is 12.3. The first-order valence-electron chi connectivity index (χ1n) is 18.3. The fourth-order valence-corrected chi connectivity index (χ4v) is 8.65. The Balaban J connectivity index is 1.06. The smallest absolute Gasteiger partial charge is 0.160 e. The van der Waals surface area contributed by atoms with E-state index in [-0.39, 0.29) is 5.41 Å². The predicted molar refractivity (Wildman–Crippen MR) is 222 cm³/mol. The second-order valence-corrected chi connectivity index (χ2v) is 14.5. The largest absolute Gasteiger partial charge is 0.228 e. The molecule has 250 valence electrons. The Morgan fingerprint density at radius 3 is 1.60 bits per heavy atom. The maximum absolute atomic E-state index is 5.16. The van der Waals surface area contributed by atoms with Crippen LogP contribution in [0.2, 0.25) is 0 Å². The van der Waals surface area contributed by atoms with Crippen molar-refractivity contribution in [2.45, 2.75) is 19.3 Å². The van der Waals surface area contributed by atoms with Crippen molar-refractivity contribution in [3.63, 3.8) is 0 Å². The highest BCUT2D eigenvalue weighted by molar-refractivity contribution is 6.05. The Kier molecular flexibility index (Phi) is 7.19. The van der Waals surface area contributed by atoms with Gasteiger partial charge in [0.2, 0.25) is 0 Å². The highest BCUT2D eigenvalue weighted by atomic mass is 14.9. The molecule has 1 aromatic heterocycles. The summed E-state index contributed by atoms with van der Waals surface area (Å²) >= 11 is 0. The molecular formula is C51H36N2. The van der Waals surface area contributed by atoms with E-state index >= 15 is 0 Å². The van der Waals surface area contributed by atoms with Crippen LogP contribution < -0.4 is 0 Å². The number of benzene rings is 8. The van der Waals surface area contributed by atoms with Crippen LogP contribution in [0.4, 0.5) is 0 Å². The van der Waals surface area contributed by atoms with Gasteiger partial charge in [0.1, 0.15) is 0 Å². The van der Waals surface area contributed by atoms with Crippen molar-refractivity contribution in [1.82, 2.24) is 9.97 Å². The molecule has 0 aliphatic heterocycles. The molecule has 0 N–H and O–H groups in total. The normalized spacial score (nSPS) is 12.9. The molecule has 0 radical (unpaired) electrons. The van der Waals surface area contributed by atoms with Gasteiger partial charge in [0.25, 0.3) is 0 Å². The molecule has 0 bridgehead atoms. The van der Waals surface area contributed by atoms with Gasteiger partial charge in [-0.15, -0.1) is 0 Å². The van der Waals surface area contributed by atoms with Gasteiger partial charge < -0.3 is 0 Å². The summed E-state index contributed by atoms with van der Waals surface area (Å²) in [4.78, 5) is 10.2. The zero-order valence-electron chi connectivity index (χ0n) is 29.7. The SMILES string of the molecule is CC1(C)c2c(-c3ccc(-c4ccc(-c5cc(-c6ccccc6)nc(-c6ccccc6)n5)c5ccccc45)cc3)cccc2-c2ccc3ccccc3c21. The number of nitrogens with zero attached hydrogens (tertiary/aromatic N) is 2. The summed E-state index contributed by atoms with van der Waals surface area (Å²) in [6.45, 7) is 4.78. The zero-order valence-corrected chi connectivity index (χ0v) is 29.7. The molecule has 2 nitrogen and oxygen atoms in total. The third-order valence-corrected chi connectivity index (χ3v) is 11.1. The van der Waals surface area contributed by atoms with Crippen molar-refractivity contribution >= 4 is 21.5 Å². The maximum Gasteiger partial charge on any atom is 0.160 e. The molecule has 0 saturated heterocycles. The molecule has 2 heteroatoms. The van der Waals surface area contributed by atoms with Crippen LogP contribution in [0, 0.1) is 0 Å². The van der Waals surface area contributed by atoms with E-state index in [1.54, 1.807) is 0 Å².